The highest BCUT2D eigenvalue weighted by molar-refractivity contribution is 5.93. The van der Waals surface area contributed by atoms with Crippen molar-refractivity contribution in [3.8, 4) is 0 Å². The van der Waals surface area contributed by atoms with Crippen LogP contribution in [-0.4, -0.2) is 46.8 Å². The predicted octanol–water partition coefficient (Wildman–Crippen LogP) is 1.13. The number of ether oxygens (including phenoxy) is 1. The van der Waals surface area contributed by atoms with Gasteiger partial charge in [-0.15, -0.1) is 0 Å². The maximum Gasteiger partial charge on any atom is 0.276 e. The van der Waals surface area contributed by atoms with Gasteiger partial charge in [0, 0.05) is 30.7 Å². The average Bonchev–Trinajstić information content (AvgIpc) is 2.99. The standard InChI is InChI=1S/C16H21N3O3/c20-15(18-21)12-5-11-2-4-19(8-14(11)17-7-12)13-1-3-16(6-13)9-22-10-16/h5,7,13,21H,1-4,6,8-10H2,(H,18,20). The Hall–Kier alpha value is -1.50. The highest BCUT2D eigenvalue weighted by Gasteiger charge is 2.46. The van der Waals surface area contributed by atoms with Crippen molar-refractivity contribution in [2.75, 3.05) is 19.8 Å². The number of amides is 1. The van der Waals surface area contributed by atoms with Crippen LogP contribution in [0.1, 0.15) is 40.9 Å². The molecule has 0 radical (unpaired) electrons. The molecule has 1 saturated heterocycles. The van der Waals surface area contributed by atoms with Gasteiger partial charge in [0.1, 0.15) is 0 Å². The first-order valence-electron chi connectivity index (χ1n) is 7.93. The van der Waals surface area contributed by atoms with Gasteiger partial charge in [0.05, 0.1) is 24.5 Å². The Bertz CT molecular complexity index is 600. The molecular formula is C16H21N3O3. The van der Waals surface area contributed by atoms with E-state index in [1.165, 1.54) is 19.3 Å². The van der Waals surface area contributed by atoms with Gasteiger partial charge in [-0.1, -0.05) is 0 Å². The first-order chi connectivity index (χ1) is 10.7. The van der Waals surface area contributed by atoms with Crippen LogP contribution in [0.25, 0.3) is 0 Å². The minimum absolute atomic E-state index is 0.418. The Balaban J connectivity index is 1.47. The summed E-state index contributed by atoms with van der Waals surface area (Å²) in [6, 6.07) is 2.49. The largest absolute Gasteiger partial charge is 0.380 e. The van der Waals surface area contributed by atoms with Gasteiger partial charge in [-0.2, -0.15) is 0 Å². The van der Waals surface area contributed by atoms with Crippen molar-refractivity contribution in [2.24, 2.45) is 5.41 Å². The molecule has 118 valence electrons. The van der Waals surface area contributed by atoms with E-state index in [0.717, 1.165) is 44.0 Å². The van der Waals surface area contributed by atoms with Crippen LogP contribution in [0.15, 0.2) is 12.3 Å². The van der Waals surface area contributed by atoms with Crippen LogP contribution in [-0.2, 0) is 17.7 Å². The molecule has 1 amide bonds. The first-order valence-corrected chi connectivity index (χ1v) is 7.93. The van der Waals surface area contributed by atoms with Crippen molar-refractivity contribution in [1.82, 2.24) is 15.4 Å². The molecule has 0 aromatic carbocycles. The fourth-order valence-electron chi connectivity index (χ4n) is 4.07. The Morgan fingerprint density at radius 2 is 2.36 bits per heavy atom. The summed E-state index contributed by atoms with van der Waals surface area (Å²) in [6.07, 6.45) is 6.24. The maximum atomic E-state index is 11.5. The molecule has 1 spiro atoms. The fourth-order valence-corrected chi connectivity index (χ4v) is 4.07. The quantitative estimate of drug-likeness (QED) is 0.633. The second-order valence-corrected chi connectivity index (χ2v) is 6.88. The fraction of sp³-hybridized carbons (Fsp3) is 0.625. The zero-order chi connectivity index (χ0) is 15.2. The lowest BCUT2D eigenvalue weighted by Gasteiger charge is -2.40. The van der Waals surface area contributed by atoms with E-state index < -0.39 is 5.91 Å². The molecule has 4 rings (SSSR count). The Kier molecular flexibility index (Phi) is 3.40. The summed E-state index contributed by atoms with van der Waals surface area (Å²) < 4.78 is 5.41. The number of hydrogen-bond acceptors (Lipinski definition) is 5. The average molecular weight is 303 g/mol. The number of nitrogens with zero attached hydrogens (tertiary/aromatic N) is 2. The summed E-state index contributed by atoms with van der Waals surface area (Å²) in [5, 5.41) is 8.71. The second kappa shape index (κ2) is 5.30. The van der Waals surface area contributed by atoms with E-state index in [4.69, 9.17) is 9.94 Å². The number of rotatable bonds is 2. The van der Waals surface area contributed by atoms with Crippen molar-refractivity contribution in [2.45, 2.75) is 38.3 Å². The normalized spacial score (nSPS) is 26.5. The number of aromatic nitrogens is 1. The maximum absolute atomic E-state index is 11.5. The van der Waals surface area contributed by atoms with Crippen molar-refractivity contribution >= 4 is 5.91 Å². The second-order valence-electron chi connectivity index (χ2n) is 6.88. The van der Waals surface area contributed by atoms with E-state index in [0.29, 0.717) is 17.0 Å². The third kappa shape index (κ3) is 2.31. The SMILES string of the molecule is O=C(NO)c1cnc2c(c1)CCN(C1CCC3(COC3)C1)C2. The van der Waals surface area contributed by atoms with Gasteiger partial charge in [0.15, 0.2) is 0 Å². The molecule has 1 aromatic rings. The van der Waals surface area contributed by atoms with Gasteiger partial charge in [0.25, 0.3) is 5.91 Å². The lowest BCUT2D eigenvalue weighted by atomic mass is 9.84. The van der Waals surface area contributed by atoms with Crippen LogP contribution in [0.4, 0.5) is 0 Å². The molecule has 2 N–H and O–H groups in total. The first kappa shape index (κ1) is 14.1. The van der Waals surface area contributed by atoms with Gasteiger partial charge in [0.2, 0.25) is 0 Å². The number of carbonyl (C=O) groups excluding carboxylic acids is 1. The molecule has 2 fully saturated rings. The number of carbonyl (C=O) groups is 1. The summed E-state index contributed by atoms with van der Waals surface area (Å²) >= 11 is 0. The minimum atomic E-state index is -0.500. The Morgan fingerprint density at radius 3 is 3.05 bits per heavy atom. The summed E-state index contributed by atoms with van der Waals surface area (Å²) in [6.45, 7) is 3.75. The van der Waals surface area contributed by atoms with Crippen LogP contribution in [0.2, 0.25) is 0 Å². The highest BCUT2D eigenvalue weighted by Crippen LogP contribution is 2.46. The molecule has 6 heteroatoms. The van der Waals surface area contributed by atoms with E-state index in [2.05, 4.69) is 9.88 Å². The third-order valence-corrected chi connectivity index (χ3v) is 5.45. The summed E-state index contributed by atoms with van der Waals surface area (Å²) in [7, 11) is 0. The molecule has 1 saturated carbocycles. The smallest absolute Gasteiger partial charge is 0.276 e. The Morgan fingerprint density at radius 1 is 1.50 bits per heavy atom. The predicted molar refractivity (Wildman–Crippen MR) is 78.5 cm³/mol. The molecule has 3 heterocycles. The molecule has 1 aliphatic carbocycles. The highest BCUT2D eigenvalue weighted by atomic mass is 16.5. The van der Waals surface area contributed by atoms with Crippen LogP contribution < -0.4 is 5.48 Å². The van der Waals surface area contributed by atoms with Crippen LogP contribution in [0, 0.1) is 5.41 Å². The molecule has 1 aromatic heterocycles. The molecule has 0 bridgehead atoms. The van der Waals surface area contributed by atoms with Crippen molar-refractivity contribution in [3.05, 3.63) is 29.1 Å². The molecule has 22 heavy (non-hydrogen) atoms. The summed E-state index contributed by atoms with van der Waals surface area (Å²) in [5.41, 5.74) is 4.72. The lowest BCUT2D eigenvalue weighted by Crippen LogP contribution is -2.44. The zero-order valence-electron chi connectivity index (χ0n) is 12.5. The number of nitrogens with one attached hydrogen (secondary N) is 1. The Labute approximate surface area is 129 Å². The van der Waals surface area contributed by atoms with E-state index in [9.17, 15) is 4.79 Å². The summed E-state index contributed by atoms with van der Waals surface area (Å²) in [5.74, 6) is -0.500. The third-order valence-electron chi connectivity index (χ3n) is 5.45. The van der Waals surface area contributed by atoms with E-state index in [1.54, 1.807) is 11.7 Å². The van der Waals surface area contributed by atoms with Crippen LogP contribution in [0.3, 0.4) is 0 Å². The molecule has 1 atom stereocenters. The number of hydroxylamine groups is 1. The molecule has 2 aliphatic heterocycles. The van der Waals surface area contributed by atoms with Crippen LogP contribution in [0.5, 0.6) is 0 Å². The van der Waals surface area contributed by atoms with E-state index >= 15 is 0 Å². The molecule has 3 aliphatic rings. The number of fused-ring (bicyclic) bond motifs is 1. The van der Waals surface area contributed by atoms with Gasteiger partial charge in [-0.3, -0.25) is 19.9 Å². The molecule has 6 nitrogen and oxygen atoms in total. The summed E-state index contributed by atoms with van der Waals surface area (Å²) in [4.78, 5) is 18.4. The number of hydrogen-bond donors (Lipinski definition) is 2. The minimum Gasteiger partial charge on any atom is -0.380 e. The van der Waals surface area contributed by atoms with Crippen molar-refractivity contribution in [1.29, 1.82) is 0 Å². The number of pyridine rings is 1. The van der Waals surface area contributed by atoms with Gasteiger partial charge >= 0.3 is 0 Å². The zero-order valence-corrected chi connectivity index (χ0v) is 12.5. The van der Waals surface area contributed by atoms with Gasteiger partial charge in [-0.25, -0.2) is 5.48 Å². The topological polar surface area (TPSA) is 74.7 Å². The van der Waals surface area contributed by atoms with Crippen LogP contribution >= 0.6 is 0 Å². The van der Waals surface area contributed by atoms with Gasteiger partial charge < -0.3 is 4.74 Å². The molecule has 1 unspecified atom stereocenters. The molecular weight excluding hydrogens is 282 g/mol. The van der Waals surface area contributed by atoms with E-state index in [1.807, 2.05) is 6.07 Å². The lowest BCUT2D eigenvalue weighted by molar-refractivity contribution is -0.111. The van der Waals surface area contributed by atoms with Gasteiger partial charge in [-0.05, 0) is 37.3 Å². The van der Waals surface area contributed by atoms with Crippen molar-refractivity contribution in [3.63, 3.8) is 0 Å². The van der Waals surface area contributed by atoms with Crippen molar-refractivity contribution < 1.29 is 14.7 Å². The monoisotopic (exact) mass is 303 g/mol. The van der Waals surface area contributed by atoms with E-state index in [-0.39, 0.29) is 0 Å².